The standard InChI is InChI=1S/C12H16N4S/c1-4-11-15-8(2)5-12(16-11)13-6-10-9(3)14-7-17-10/h5,7H,4,6H2,1-3H3,(H,13,15,16). The third kappa shape index (κ3) is 3.00. The van der Waals surface area contributed by atoms with Gasteiger partial charge in [-0.15, -0.1) is 11.3 Å². The lowest BCUT2D eigenvalue weighted by atomic mass is 10.3. The Labute approximate surface area is 105 Å². The van der Waals surface area contributed by atoms with Gasteiger partial charge in [-0.25, -0.2) is 15.0 Å². The first-order valence-corrected chi connectivity index (χ1v) is 6.54. The van der Waals surface area contributed by atoms with E-state index >= 15 is 0 Å². The zero-order chi connectivity index (χ0) is 12.3. The molecule has 0 aliphatic carbocycles. The molecule has 0 unspecified atom stereocenters. The maximum atomic E-state index is 4.44. The van der Waals surface area contributed by atoms with Crippen LogP contribution >= 0.6 is 11.3 Å². The van der Waals surface area contributed by atoms with E-state index in [2.05, 4.69) is 27.2 Å². The number of anilines is 1. The van der Waals surface area contributed by atoms with Crippen molar-refractivity contribution >= 4 is 17.2 Å². The molecule has 0 aromatic carbocycles. The van der Waals surface area contributed by atoms with Gasteiger partial charge in [0.05, 0.1) is 17.7 Å². The number of nitrogens with one attached hydrogen (secondary N) is 1. The maximum Gasteiger partial charge on any atom is 0.130 e. The number of rotatable bonds is 4. The van der Waals surface area contributed by atoms with Crippen LogP contribution < -0.4 is 5.32 Å². The molecule has 0 amide bonds. The molecule has 2 heterocycles. The van der Waals surface area contributed by atoms with E-state index in [-0.39, 0.29) is 0 Å². The molecule has 0 saturated carbocycles. The second kappa shape index (κ2) is 5.23. The molecule has 0 aliphatic heterocycles. The summed E-state index contributed by atoms with van der Waals surface area (Å²) < 4.78 is 0. The van der Waals surface area contributed by atoms with Crippen molar-refractivity contribution in [2.24, 2.45) is 0 Å². The molecule has 17 heavy (non-hydrogen) atoms. The molecule has 5 heteroatoms. The van der Waals surface area contributed by atoms with Gasteiger partial charge in [-0.2, -0.15) is 0 Å². The summed E-state index contributed by atoms with van der Waals surface area (Å²) in [4.78, 5) is 14.3. The molecule has 0 spiro atoms. The quantitative estimate of drug-likeness (QED) is 0.904. The van der Waals surface area contributed by atoms with E-state index in [1.165, 1.54) is 4.88 Å². The smallest absolute Gasteiger partial charge is 0.130 e. The molecular formula is C12H16N4S. The van der Waals surface area contributed by atoms with Crippen molar-refractivity contribution in [3.8, 4) is 0 Å². The second-order valence-electron chi connectivity index (χ2n) is 3.88. The lowest BCUT2D eigenvalue weighted by molar-refractivity contribution is 0.912. The van der Waals surface area contributed by atoms with Crippen molar-refractivity contribution < 1.29 is 0 Å². The van der Waals surface area contributed by atoms with Crippen molar-refractivity contribution in [2.75, 3.05) is 5.32 Å². The molecule has 1 N–H and O–H groups in total. The van der Waals surface area contributed by atoms with Crippen LogP contribution in [0.4, 0.5) is 5.82 Å². The Balaban J connectivity index is 2.09. The minimum atomic E-state index is 0.774. The molecule has 0 atom stereocenters. The van der Waals surface area contributed by atoms with Crippen molar-refractivity contribution in [3.05, 3.63) is 33.7 Å². The third-order valence-electron chi connectivity index (χ3n) is 2.49. The molecule has 2 aromatic rings. The van der Waals surface area contributed by atoms with Crippen molar-refractivity contribution in [2.45, 2.75) is 33.7 Å². The Kier molecular flexibility index (Phi) is 3.68. The summed E-state index contributed by atoms with van der Waals surface area (Å²) in [7, 11) is 0. The lowest BCUT2D eigenvalue weighted by Crippen LogP contribution is -2.05. The summed E-state index contributed by atoms with van der Waals surface area (Å²) in [6, 6.07) is 1.97. The van der Waals surface area contributed by atoms with Crippen LogP contribution in [-0.4, -0.2) is 15.0 Å². The van der Waals surface area contributed by atoms with Crippen LogP contribution in [0.25, 0.3) is 0 Å². The Hall–Kier alpha value is -1.49. The number of hydrogen-bond donors (Lipinski definition) is 1. The van der Waals surface area contributed by atoms with E-state index in [1.807, 2.05) is 25.4 Å². The first-order valence-electron chi connectivity index (χ1n) is 5.66. The average molecular weight is 248 g/mol. The highest BCUT2D eigenvalue weighted by Crippen LogP contribution is 2.14. The summed E-state index contributed by atoms with van der Waals surface area (Å²) >= 11 is 1.67. The van der Waals surface area contributed by atoms with Gasteiger partial charge in [0, 0.05) is 23.1 Å². The largest absolute Gasteiger partial charge is 0.365 e. The van der Waals surface area contributed by atoms with Gasteiger partial charge in [-0.3, -0.25) is 0 Å². The predicted molar refractivity (Wildman–Crippen MR) is 70.3 cm³/mol. The summed E-state index contributed by atoms with van der Waals surface area (Å²) in [5.41, 5.74) is 3.96. The molecule has 0 aliphatic rings. The number of nitrogens with zero attached hydrogens (tertiary/aromatic N) is 3. The van der Waals surface area contributed by atoms with E-state index in [0.29, 0.717) is 0 Å². The topological polar surface area (TPSA) is 50.7 Å². The Morgan fingerprint density at radius 3 is 2.76 bits per heavy atom. The fourth-order valence-corrected chi connectivity index (χ4v) is 2.26. The van der Waals surface area contributed by atoms with Gasteiger partial charge in [0.25, 0.3) is 0 Å². The molecule has 0 radical (unpaired) electrons. The van der Waals surface area contributed by atoms with Crippen molar-refractivity contribution in [1.82, 2.24) is 15.0 Å². The molecular weight excluding hydrogens is 232 g/mol. The first-order chi connectivity index (χ1) is 8.19. The zero-order valence-electron chi connectivity index (χ0n) is 10.3. The maximum absolute atomic E-state index is 4.44. The average Bonchev–Trinajstić information content (AvgIpc) is 2.71. The van der Waals surface area contributed by atoms with Crippen LogP contribution in [0, 0.1) is 13.8 Å². The fraction of sp³-hybridized carbons (Fsp3) is 0.417. The van der Waals surface area contributed by atoms with Gasteiger partial charge in [0.1, 0.15) is 11.6 Å². The van der Waals surface area contributed by atoms with E-state index in [4.69, 9.17) is 0 Å². The van der Waals surface area contributed by atoms with E-state index in [1.54, 1.807) is 11.3 Å². The van der Waals surface area contributed by atoms with Gasteiger partial charge < -0.3 is 5.32 Å². The monoisotopic (exact) mass is 248 g/mol. The highest BCUT2D eigenvalue weighted by molar-refractivity contribution is 7.09. The summed E-state index contributed by atoms with van der Waals surface area (Å²) in [5, 5.41) is 3.32. The van der Waals surface area contributed by atoms with Crippen LogP contribution in [0.1, 0.15) is 29.0 Å². The van der Waals surface area contributed by atoms with Crippen LogP contribution in [0.3, 0.4) is 0 Å². The van der Waals surface area contributed by atoms with Gasteiger partial charge >= 0.3 is 0 Å². The minimum absolute atomic E-state index is 0.774. The van der Waals surface area contributed by atoms with Crippen molar-refractivity contribution in [1.29, 1.82) is 0 Å². The highest BCUT2D eigenvalue weighted by Gasteiger charge is 2.03. The highest BCUT2D eigenvalue weighted by atomic mass is 32.1. The molecule has 2 rings (SSSR count). The summed E-state index contributed by atoms with van der Waals surface area (Å²) in [5.74, 6) is 1.77. The molecule has 0 fully saturated rings. The lowest BCUT2D eigenvalue weighted by Gasteiger charge is -2.07. The van der Waals surface area contributed by atoms with Crippen LogP contribution in [0.5, 0.6) is 0 Å². The normalized spacial score (nSPS) is 10.5. The zero-order valence-corrected chi connectivity index (χ0v) is 11.1. The number of aryl methyl sites for hydroxylation is 3. The second-order valence-corrected chi connectivity index (χ2v) is 4.82. The predicted octanol–water partition coefficient (Wildman–Crippen LogP) is 2.72. The molecule has 0 bridgehead atoms. The van der Waals surface area contributed by atoms with E-state index in [9.17, 15) is 0 Å². The summed E-state index contributed by atoms with van der Waals surface area (Å²) in [6.07, 6.45) is 0.857. The SMILES string of the molecule is CCc1nc(C)cc(NCc2scnc2C)n1. The van der Waals surface area contributed by atoms with Crippen LogP contribution in [0.2, 0.25) is 0 Å². The Morgan fingerprint density at radius 1 is 1.29 bits per heavy atom. The van der Waals surface area contributed by atoms with Gasteiger partial charge in [-0.05, 0) is 13.8 Å². The number of hydrogen-bond acceptors (Lipinski definition) is 5. The van der Waals surface area contributed by atoms with Crippen LogP contribution in [0.15, 0.2) is 11.6 Å². The first kappa shape index (κ1) is 12.0. The minimum Gasteiger partial charge on any atom is -0.365 e. The van der Waals surface area contributed by atoms with Gasteiger partial charge in [0.15, 0.2) is 0 Å². The fourth-order valence-electron chi connectivity index (χ4n) is 1.55. The van der Waals surface area contributed by atoms with Crippen LogP contribution in [-0.2, 0) is 13.0 Å². The van der Waals surface area contributed by atoms with E-state index < -0.39 is 0 Å². The molecule has 0 saturated heterocycles. The van der Waals surface area contributed by atoms with E-state index in [0.717, 1.165) is 36.0 Å². The Bertz CT molecular complexity index is 507. The van der Waals surface area contributed by atoms with Gasteiger partial charge in [0.2, 0.25) is 0 Å². The van der Waals surface area contributed by atoms with Crippen molar-refractivity contribution in [3.63, 3.8) is 0 Å². The summed E-state index contributed by atoms with van der Waals surface area (Å²) in [6.45, 7) is 6.85. The third-order valence-corrected chi connectivity index (χ3v) is 3.43. The number of aromatic nitrogens is 3. The molecule has 4 nitrogen and oxygen atoms in total. The van der Waals surface area contributed by atoms with Gasteiger partial charge in [-0.1, -0.05) is 6.92 Å². The Morgan fingerprint density at radius 2 is 2.12 bits per heavy atom. The molecule has 90 valence electrons. The molecule has 2 aromatic heterocycles. The number of thiazole rings is 1.